The van der Waals surface area contributed by atoms with E-state index in [1.807, 2.05) is 0 Å². The third kappa shape index (κ3) is 5.12. The first-order valence-corrected chi connectivity index (χ1v) is 6.54. The lowest BCUT2D eigenvalue weighted by Crippen LogP contribution is -2.07. The molecule has 1 aromatic carbocycles. The second kappa shape index (κ2) is 7.85. The molecule has 0 unspecified atom stereocenters. The minimum Gasteiger partial charge on any atom is -0.427 e. The number of alkyl halides is 1. The maximum absolute atomic E-state index is 11.2. The first-order valence-electron chi connectivity index (χ1n) is 4.27. The predicted molar refractivity (Wildman–Crippen MR) is 66.2 cm³/mol. The lowest BCUT2D eigenvalue weighted by atomic mass is 10.3. The van der Waals surface area contributed by atoms with E-state index in [-0.39, 0.29) is 5.97 Å². The number of rotatable bonds is 6. The van der Waals surface area contributed by atoms with Crippen molar-refractivity contribution in [2.45, 2.75) is 11.3 Å². The number of hydrogen-bond acceptors (Lipinski definition) is 6. The Morgan fingerprint density at radius 2 is 2.06 bits per heavy atom. The molecule has 0 aromatic heterocycles. The Morgan fingerprint density at radius 3 is 2.62 bits per heavy atom. The van der Waals surface area contributed by atoms with Gasteiger partial charge in [-0.1, -0.05) is 27.6 Å². The number of esters is 1. The Morgan fingerprint density at radius 1 is 1.38 bits per heavy atom. The van der Waals surface area contributed by atoms with Crippen LogP contribution in [0.15, 0.2) is 29.2 Å². The van der Waals surface area contributed by atoms with Crippen LogP contribution in [0.5, 0.6) is 5.75 Å². The van der Waals surface area contributed by atoms with Gasteiger partial charge in [0.2, 0.25) is 0 Å². The van der Waals surface area contributed by atoms with Crippen molar-refractivity contribution in [3.8, 4) is 5.75 Å². The topological polar surface area (TPSA) is 65.0 Å². The maximum atomic E-state index is 11.2. The fourth-order valence-corrected chi connectivity index (χ4v) is 1.67. The van der Waals surface area contributed by atoms with Crippen molar-refractivity contribution in [2.75, 3.05) is 4.43 Å². The average molecular weight is 356 g/mol. The van der Waals surface area contributed by atoms with E-state index in [0.717, 1.165) is 16.5 Å². The van der Waals surface area contributed by atoms with Crippen molar-refractivity contribution >= 4 is 40.6 Å². The number of benzene rings is 1. The van der Waals surface area contributed by atoms with E-state index < -0.39 is 0 Å². The summed E-state index contributed by atoms with van der Waals surface area (Å²) in [6, 6.07) is 6.62. The van der Waals surface area contributed by atoms with Gasteiger partial charge in [-0.3, -0.25) is 4.79 Å². The van der Waals surface area contributed by atoms with Gasteiger partial charge in [0.15, 0.2) is 0 Å². The molecule has 0 spiro atoms. The molecule has 0 saturated carbocycles. The Kier molecular flexibility index (Phi) is 6.73. The summed E-state index contributed by atoms with van der Waals surface area (Å²) in [6.45, 7) is 0. The van der Waals surface area contributed by atoms with Gasteiger partial charge in [-0.25, -0.2) is 5.26 Å². The molecule has 0 radical (unpaired) electrons. The molecule has 0 aliphatic rings. The smallest absolute Gasteiger partial charge is 0.311 e. The quantitative estimate of drug-likeness (QED) is 0.161. The number of halogens is 1. The molecule has 16 heavy (non-hydrogen) atoms. The molecule has 5 nitrogen and oxygen atoms in total. The van der Waals surface area contributed by atoms with Crippen LogP contribution in [-0.4, -0.2) is 15.7 Å². The molecule has 0 aliphatic carbocycles. The fourth-order valence-electron chi connectivity index (χ4n) is 0.877. The number of carbonyl (C=O) groups is 1. The van der Waals surface area contributed by atoms with Gasteiger partial charge in [0.25, 0.3) is 0 Å². The van der Waals surface area contributed by atoms with Crippen LogP contribution < -0.4 is 4.74 Å². The summed E-state index contributed by atoms with van der Waals surface area (Å²) in [5, 5.41) is 11.4. The fraction of sp³-hybridized carbons (Fsp3) is 0.222. The lowest BCUT2D eigenvalue weighted by Gasteiger charge is -2.03. The Hall–Kier alpha value is -0.350. The van der Waals surface area contributed by atoms with Gasteiger partial charge >= 0.3 is 5.97 Å². The van der Waals surface area contributed by atoms with E-state index in [1.54, 1.807) is 24.3 Å². The summed E-state index contributed by atoms with van der Waals surface area (Å²) in [4.78, 5) is 11.9. The summed E-state index contributed by atoms with van der Waals surface area (Å²) >= 11 is 2.95. The summed E-state index contributed by atoms with van der Waals surface area (Å²) in [5.41, 5.74) is 0. The number of ether oxygens (including phenoxy) is 1. The van der Waals surface area contributed by atoms with E-state index >= 15 is 0 Å². The van der Waals surface area contributed by atoms with E-state index in [0.29, 0.717) is 17.1 Å². The molecule has 0 bridgehead atoms. The van der Waals surface area contributed by atoms with E-state index in [9.17, 15) is 4.79 Å². The van der Waals surface area contributed by atoms with Crippen molar-refractivity contribution in [2.24, 2.45) is 0 Å². The van der Waals surface area contributed by atoms with Crippen molar-refractivity contribution < 1.29 is 24.2 Å². The highest BCUT2D eigenvalue weighted by molar-refractivity contribution is 14.1. The summed E-state index contributed by atoms with van der Waals surface area (Å²) in [6.07, 6.45) is 0.387. The van der Waals surface area contributed by atoms with Crippen LogP contribution in [0.25, 0.3) is 0 Å². The van der Waals surface area contributed by atoms with Gasteiger partial charge in [-0.15, -0.1) is 4.33 Å². The second-order valence-electron chi connectivity index (χ2n) is 2.61. The Balaban J connectivity index is 2.47. The molecule has 0 saturated heterocycles. The molecule has 0 heterocycles. The third-order valence-electron chi connectivity index (χ3n) is 1.51. The number of carbonyl (C=O) groups excluding carboxylic acids is 1. The molecule has 1 aromatic rings. The molecule has 0 aliphatic heterocycles. The first kappa shape index (κ1) is 13.7. The van der Waals surface area contributed by atoms with Crippen molar-refractivity contribution in [3.63, 3.8) is 0 Å². The monoisotopic (exact) mass is 356 g/mol. The molecule has 0 fully saturated rings. The number of hydrogen-bond donors (Lipinski definition) is 1. The Bertz CT molecular complexity index is 329. The van der Waals surface area contributed by atoms with Crippen LogP contribution in [-0.2, 0) is 14.2 Å². The minimum atomic E-state index is -0.259. The predicted octanol–water partition coefficient (Wildman–Crippen LogP) is 2.85. The molecular weight excluding hydrogens is 347 g/mol. The Labute approximate surface area is 110 Å². The molecule has 1 rings (SSSR count). The SMILES string of the molecule is O=C(CCI)Oc1ccc(SOOO)cc1. The molecule has 7 heteroatoms. The largest absolute Gasteiger partial charge is 0.427 e. The van der Waals surface area contributed by atoms with Gasteiger partial charge in [0.05, 0.1) is 18.5 Å². The van der Waals surface area contributed by atoms with E-state index in [1.165, 1.54) is 0 Å². The molecule has 0 atom stereocenters. The average Bonchev–Trinajstić information content (AvgIpc) is 2.28. The van der Waals surface area contributed by atoms with Gasteiger partial charge < -0.3 is 4.74 Å². The maximum Gasteiger partial charge on any atom is 0.311 e. The van der Waals surface area contributed by atoms with Gasteiger partial charge in [0.1, 0.15) is 5.75 Å². The van der Waals surface area contributed by atoms with Crippen LogP contribution >= 0.6 is 34.6 Å². The standard InChI is InChI=1S/C9H9IO5S/c10-6-5-9(11)13-7-1-3-8(4-2-7)16-15-14-12/h1-4,12H,5-6H2. The molecule has 0 amide bonds. The second-order valence-corrected chi connectivity index (χ2v) is 4.46. The van der Waals surface area contributed by atoms with Crippen LogP contribution in [0, 0.1) is 0 Å². The molecule has 1 N–H and O–H groups in total. The molecule has 88 valence electrons. The van der Waals surface area contributed by atoms with Crippen molar-refractivity contribution in [1.82, 2.24) is 0 Å². The van der Waals surface area contributed by atoms with E-state index in [2.05, 4.69) is 32.0 Å². The van der Waals surface area contributed by atoms with Crippen LogP contribution in [0.1, 0.15) is 6.42 Å². The lowest BCUT2D eigenvalue weighted by molar-refractivity contribution is -0.432. The minimum absolute atomic E-state index is 0.259. The summed E-state index contributed by atoms with van der Waals surface area (Å²) < 4.78 is 10.0. The first-order chi connectivity index (χ1) is 7.76. The normalized spacial score (nSPS) is 10.1. The van der Waals surface area contributed by atoms with Crippen LogP contribution in [0.3, 0.4) is 0 Å². The highest BCUT2D eigenvalue weighted by atomic mass is 127. The zero-order chi connectivity index (χ0) is 11.8. The van der Waals surface area contributed by atoms with Gasteiger partial charge in [0, 0.05) is 9.32 Å². The highest BCUT2D eigenvalue weighted by Crippen LogP contribution is 2.22. The zero-order valence-electron chi connectivity index (χ0n) is 8.09. The summed E-state index contributed by atoms with van der Waals surface area (Å²) in [7, 11) is 0. The third-order valence-corrected chi connectivity index (χ3v) is 2.65. The van der Waals surface area contributed by atoms with Crippen LogP contribution in [0.4, 0.5) is 0 Å². The van der Waals surface area contributed by atoms with Gasteiger partial charge in [-0.05, 0) is 24.3 Å². The molecular formula is C9H9IO5S. The van der Waals surface area contributed by atoms with E-state index in [4.69, 9.17) is 9.99 Å². The van der Waals surface area contributed by atoms with Crippen LogP contribution in [0.2, 0.25) is 0 Å². The zero-order valence-corrected chi connectivity index (χ0v) is 11.1. The van der Waals surface area contributed by atoms with Gasteiger partial charge in [-0.2, -0.15) is 0 Å². The van der Waals surface area contributed by atoms with Crippen molar-refractivity contribution in [1.29, 1.82) is 0 Å². The van der Waals surface area contributed by atoms with Crippen molar-refractivity contribution in [3.05, 3.63) is 24.3 Å². The summed E-state index contributed by atoms with van der Waals surface area (Å²) in [5.74, 6) is 0.217. The highest BCUT2D eigenvalue weighted by Gasteiger charge is 2.03.